The van der Waals surface area contributed by atoms with Crippen LogP contribution in [0.4, 0.5) is 0 Å². The fraction of sp³-hybridized carbons (Fsp3) is 0.250. The molecule has 1 heterocycles. The number of carboxylic acids is 1. The maximum Gasteiger partial charge on any atom is 0.307 e. The van der Waals surface area contributed by atoms with Gasteiger partial charge in [0, 0.05) is 17.5 Å². The number of aliphatic hydroxyl groups is 1. The van der Waals surface area contributed by atoms with Crippen LogP contribution in [0.15, 0.2) is 72.8 Å². The summed E-state index contributed by atoms with van der Waals surface area (Å²) in [7, 11) is 0. The van der Waals surface area contributed by atoms with Crippen molar-refractivity contribution in [3.63, 3.8) is 0 Å². The van der Waals surface area contributed by atoms with Crippen LogP contribution in [0.25, 0.3) is 11.1 Å². The highest BCUT2D eigenvalue weighted by Crippen LogP contribution is 2.45. The van der Waals surface area contributed by atoms with Gasteiger partial charge in [0.2, 0.25) is 0 Å². The average molecular weight is 490 g/mol. The number of fused-ring (bicyclic) bond motifs is 1. The molecule has 2 amide bonds. The summed E-state index contributed by atoms with van der Waals surface area (Å²) in [5.74, 6) is -3.62. The Balaban J connectivity index is 1.33. The summed E-state index contributed by atoms with van der Waals surface area (Å²) < 4.78 is 0. The van der Waals surface area contributed by atoms with E-state index in [1.165, 1.54) is 0 Å². The SMILES string of the molecule is O=C(O)[C@H]1[C@H](CN2C(=O)c3ccccc3C2=O)CC[C@@H]1C(O)c1ccc(-c2ccc(Cl)cc2)cc1. The predicted molar refractivity (Wildman–Crippen MR) is 131 cm³/mol. The van der Waals surface area contributed by atoms with Gasteiger partial charge in [-0.1, -0.05) is 60.1 Å². The Morgan fingerprint density at radius 3 is 1.97 bits per heavy atom. The molecule has 3 aromatic carbocycles. The molecule has 2 aliphatic rings. The van der Waals surface area contributed by atoms with Crippen molar-refractivity contribution in [2.75, 3.05) is 6.54 Å². The fourth-order valence-electron chi connectivity index (χ4n) is 5.46. The van der Waals surface area contributed by atoms with Crippen molar-refractivity contribution < 1.29 is 24.6 Å². The minimum absolute atomic E-state index is 0.0298. The number of carboxylic acid groups (broad SMARTS) is 1. The maximum absolute atomic E-state index is 12.8. The molecule has 7 heteroatoms. The van der Waals surface area contributed by atoms with Gasteiger partial charge in [-0.15, -0.1) is 0 Å². The Morgan fingerprint density at radius 2 is 1.43 bits per heavy atom. The van der Waals surface area contributed by atoms with Crippen LogP contribution in [0.3, 0.4) is 0 Å². The monoisotopic (exact) mass is 489 g/mol. The van der Waals surface area contributed by atoms with Crippen LogP contribution in [0, 0.1) is 17.8 Å². The van der Waals surface area contributed by atoms with E-state index in [0.29, 0.717) is 34.6 Å². The smallest absolute Gasteiger partial charge is 0.307 e. The van der Waals surface area contributed by atoms with Crippen molar-refractivity contribution >= 4 is 29.4 Å². The van der Waals surface area contributed by atoms with E-state index in [-0.39, 0.29) is 6.54 Å². The first-order chi connectivity index (χ1) is 16.8. The highest BCUT2D eigenvalue weighted by molar-refractivity contribution is 6.30. The van der Waals surface area contributed by atoms with Gasteiger partial charge in [0.25, 0.3) is 11.8 Å². The third-order valence-corrected chi connectivity index (χ3v) is 7.51. The van der Waals surface area contributed by atoms with E-state index in [9.17, 15) is 24.6 Å². The molecule has 5 rings (SSSR count). The second-order valence-corrected chi connectivity index (χ2v) is 9.64. The number of rotatable bonds is 6. The van der Waals surface area contributed by atoms with E-state index in [1.807, 2.05) is 48.5 Å². The van der Waals surface area contributed by atoms with Gasteiger partial charge >= 0.3 is 5.97 Å². The molecular weight excluding hydrogens is 466 g/mol. The summed E-state index contributed by atoms with van der Waals surface area (Å²) >= 11 is 5.96. The molecule has 0 aromatic heterocycles. The number of carbonyl (C=O) groups excluding carboxylic acids is 2. The van der Waals surface area contributed by atoms with Crippen molar-refractivity contribution in [3.8, 4) is 11.1 Å². The molecule has 1 aliphatic carbocycles. The molecule has 1 unspecified atom stereocenters. The Labute approximate surface area is 207 Å². The molecule has 0 bridgehead atoms. The van der Waals surface area contributed by atoms with Crippen molar-refractivity contribution in [3.05, 3.63) is 94.5 Å². The number of hydrogen-bond donors (Lipinski definition) is 2. The number of carbonyl (C=O) groups is 3. The molecule has 1 saturated carbocycles. The van der Waals surface area contributed by atoms with E-state index in [4.69, 9.17) is 11.6 Å². The van der Waals surface area contributed by atoms with Gasteiger partial charge < -0.3 is 10.2 Å². The average Bonchev–Trinajstić information content (AvgIpc) is 3.40. The minimum atomic E-state index is -1.02. The highest BCUT2D eigenvalue weighted by Gasteiger charge is 2.47. The summed E-state index contributed by atoms with van der Waals surface area (Å²) in [5, 5.41) is 21.8. The van der Waals surface area contributed by atoms with Crippen molar-refractivity contribution in [2.24, 2.45) is 17.8 Å². The topological polar surface area (TPSA) is 94.9 Å². The Hall–Kier alpha value is -3.48. The highest BCUT2D eigenvalue weighted by atomic mass is 35.5. The first-order valence-electron chi connectivity index (χ1n) is 11.6. The van der Waals surface area contributed by atoms with Gasteiger partial charge in [-0.2, -0.15) is 0 Å². The third-order valence-electron chi connectivity index (χ3n) is 7.26. The van der Waals surface area contributed by atoms with Crippen LogP contribution < -0.4 is 0 Å². The zero-order valence-electron chi connectivity index (χ0n) is 18.8. The van der Waals surface area contributed by atoms with Gasteiger partial charge in [-0.05, 0) is 59.7 Å². The first-order valence-corrected chi connectivity index (χ1v) is 11.9. The van der Waals surface area contributed by atoms with Gasteiger partial charge in [0.15, 0.2) is 0 Å². The van der Waals surface area contributed by atoms with Crippen molar-refractivity contribution in [1.82, 2.24) is 4.90 Å². The summed E-state index contributed by atoms with van der Waals surface area (Å²) in [6, 6.07) is 21.5. The van der Waals surface area contributed by atoms with Crippen LogP contribution in [-0.4, -0.2) is 39.4 Å². The van der Waals surface area contributed by atoms with Gasteiger partial charge in [0.05, 0.1) is 23.1 Å². The zero-order valence-corrected chi connectivity index (χ0v) is 19.6. The van der Waals surface area contributed by atoms with Crippen LogP contribution in [0.2, 0.25) is 5.02 Å². The molecule has 0 spiro atoms. The van der Waals surface area contributed by atoms with Crippen molar-refractivity contribution in [1.29, 1.82) is 0 Å². The summed E-state index contributed by atoms with van der Waals surface area (Å²) in [4.78, 5) is 39.0. The Morgan fingerprint density at radius 1 is 0.886 bits per heavy atom. The van der Waals surface area contributed by atoms with Gasteiger partial charge in [-0.3, -0.25) is 19.3 Å². The second kappa shape index (κ2) is 9.29. The molecule has 0 saturated heterocycles. The van der Waals surface area contributed by atoms with Gasteiger partial charge in [0.1, 0.15) is 0 Å². The molecular formula is C28H24ClNO5. The Bertz CT molecular complexity index is 1250. The van der Waals surface area contributed by atoms with E-state index >= 15 is 0 Å². The molecule has 6 nitrogen and oxygen atoms in total. The quantitative estimate of drug-likeness (QED) is 0.472. The van der Waals surface area contributed by atoms with Crippen LogP contribution in [0.5, 0.6) is 0 Å². The van der Waals surface area contributed by atoms with Crippen molar-refractivity contribution in [2.45, 2.75) is 18.9 Å². The van der Waals surface area contributed by atoms with E-state index in [1.54, 1.807) is 24.3 Å². The largest absolute Gasteiger partial charge is 0.481 e. The van der Waals surface area contributed by atoms with Crippen LogP contribution in [0.1, 0.15) is 45.2 Å². The van der Waals surface area contributed by atoms with Gasteiger partial charge in [-0.25, -0.2) is 0 Å². The minimum Gasteiger partial charge on any atom is -0.481 e. The molecule has 1 fully saturated rings. The van der Waals surface area contributed by atoms with E-state index in [0.717, 1.165) is 16.0 Å². The summed E-state index contributed by atoms with van der Waals surface area (Å²) in [6.07, 6.45) is 0.0300. The summed E-state index contributed by atoms with van der Waals surface area (Å²) in [6.45, 7) is 0.0298. The number of hydrogen-bond acceptors (Lipinski definition) is 4. The summed E-state index contributed by atoms with van der Waals surface area (Å²) in [5.41, 5.74) is 3.28. The Kier molecular flexibility index (Phi) is 6.17. The lowest BCUT2D eigenvalue weighted by atomic mass is 9.83. The number of imide groups is 1. The number of benzene rings is 3. The molecule has 4 atom stereocenters. The maximum atomic E-state index is 12.8. The molecule has 3 aromatic rings. The zero-order chi connectivity index (χ0) is 24.7. The number of amides is 2. The molecule has 35 heavy (non-hydrogen) atoms. The number of aliphatic carboxylic acids is 1. The van der Waals surface area contributed by atoms with E-state index < -0.39 is 41.6 Å². The number of aliphatic hydroxyl groups excluding tert-OH is 1. The predicted octanol–water partition coefficient (Wildman–Crippen LogP) is 5.06. The molecule has 178 valence electrons. The standard InChI is InChI=1S/C28H24ClNO5/c29-20-12-9-17(10-13-20)16-5-7-18(8-6-16)25(31)23-14-11-19(24(23)28(34)35)15-30-26(32)21-3-1-2-4-22(21)27(30)33/h1-10,12-13,19,23-25,31H,11,14-15H2,(H,34,35)/t19-,23-,24-,25?/m0/s1. The van der Waals surface area contributed by atoms with Crippen LogP contribution in [-0.2, 0) is 4.79 Å². The normalized spacial score (nSPS) is 22.3. The lowest BCUT2D eigenvalue weighted by Gasteiger charge is -2.27. The first kappa shape index (κ1) is 23.3. The van der Waals surface area contributed by atoms with E-state index in [2.05, 4.69) is 0 Å². The lowest BCUT2D eigenvalue weighted by molar-refractivity contribution is -0.146. The second-order valence-electron chi connectivity index (χ2n) is 9.21. The molecule has 0 radical (unpaired) electrons. The fourth-order valence-corrected chi connectivity index (χ4v) is 5.59. The third kappa shape index (κ3) is 4.24. The molecule has 2 N–H and O–H groups in total. The molecule has 1 aliphatic heterocycles. The van der Waals surface area contributed by atoms with Crippen LogP contribution >= 0.6 is 11.6 Å². The number of nitrogens with zero attached hydrogens (tertiary/aromatic N) is 1. The number of halogens is 1. The lowest BCUT2D eigenvalue weighted by Crippen LogP contribution is -2.39.